The van der Waals surface area contributed by atoms with Gasteiger partial charge in [-0.1, -0.05) is 37.8 Å². The maximum Gasteiger partial charge on any atom is 0.249 e. The third-order valence-corrected chi connectivity index (χ3v) is 7.98. The van der Waals surface area contributed by atoms with E-state index in [1.165, 1.54) is 18.5 Å². The van der Waals surface area contributed by atoms with E-state index in [9.17, 15) is 19.2 Å². The van der Waals surface area contributed by atoms with E-state index in [4.69, 9.17) is 15.2 Å². The normalized spacial score (nSPS) is 20.7. The summed E-state index contributed by atoms with van der Waals surface area (Å²) in [6.45, 7) is 3.70. The van der Waals surface area contributed by atoms with Gasteiger partial charge >= 0.3 is 0 Å². The van der Waals surface area contributed by atoms with E-state index in [1.807, 2.05) is 12.1 Å². The maximum absolute atomic E-state index is 13.7. The van der Waals surface area contributed by atoms with Crippen molar-refractivity contribution in [2.45, 2.75) is 76.0 Å². The molecule has 1 aliphatic heterocycles. The van der Waals surface area contributed by atoms with Crippen LogP contribution in [0.4, 0.5) is 0 Å². The van der Waals surface area contributed by atoms with Crippen LogP contribution in [0, 0.1) is 5.92 Å². The Morgan fingerprint density at radius 3 is 2.33 bits per heavy atom. The largest absolute Gasteiger partial charge is 0.497 e. The highest BCUT2D eigenvalue weighted by molar-refractivity contribution is 5.99. The van der Waals surface area contributed by atoms with Gasteiger partial charge in [0.05, 0.1) is 25.7 Å². The van der Waals surface area contributed by atoms with E-state index in [2.05, 4.69) is 15.6 Å². The summed E-state index contributed by atoms with van der Waals surface area (Å²) in [6.07, 6.45) is 7.85. The zero-order chi connectivity index (χ0) is 28.9. The lowest BCUT2D eigenvalue weighted by Crippen LogP contribution is -2.55. The number of epoxide rings is 1. The summed E-state index contributed by atoms with van der Waals surface area (Å²) in [4.78, 5) is 56.5. The monoisotopic (exact) mass is 550 g/mol. The van der Waals surface area contributed by atoms with Crippen LogP contribution in [0.2, 0.25) is 0 Å². The van der Waals surface area contributed by atoms with E-state index in [0.29, 0.717) is 30.3 Å². The minimum Gasteiger partial charge on any atom is -0.497 e. The summed E-state index contributed by atoms with van der Waals surface area (Å²) in [5, 5.41) is 5.80. The van der Waals surface area contributed by atoms with Gasteiger partial charge in [-0.3, -0.25) is 24.2 Å². The molecule has 10 heteroatoms. The lowest BCUT2D eigenvalue weighted by atomic mass is 9.90. The third kappa shape index (κ3) is 7.04. The molecule has 1 aromatic carbocycles. The molecular weight excluding hydrogens is 512 g/mol. The van der Waals surface area contributed by atoms with Gasteiger partial charge in [0.15, 0.2) is 5.78 Å². The average molecular weight is 551 g/mol. The van der Waals surface area contributed by atoms with Crippen molar-refractivity contribution in [3.8, 4) is 5.75 Å². The highest BCUT2D eigenvalue weighted by Crippen LogP contribution is 2.33. The third-order valence-electron chi connectivity index (χ3n) is 7.98. The first-order valence-corrected chi connectivity index (χ1v) is 13.8. The summed E-state index contributed by atoms with van der Waals surface area (Å²) < 4.78 is 10.6. The fraction of sp³-hybridized carbons (Fsp3) is 0.500. The van der Waals surface area contributed by atoms with Crippen molar-refractivity contribution < 1.29 is 28.7 Å². The number of pyridine rings is 1. The van der Waals surface area contributed by atoms with Crippen molar-refractivity contribution in [1.29, 1.82) is 0 Å². The first-order chi connectivity index (χ1) is 19.1. The molecule has 10 nitrogen and oxygen atoms in total. The number of hydrogen-bond acceptors (Lipinski definition) is 7. The van der Waals surface area contributed by atoms with Crippen LogP contribution in [0.5, 0.6) is 5.75 Å². The van der Waals surface area contributed by atoms with Gasteiger partial charge in [0, 0.05) is 24.4 Å². The minimum atomic E-state index is -0.983. The molecule has 0 bridgehead atoms. The number of nitrogens with two attached hydrogens (primary N) is 1. The number of methoxy groups -OCH3 is 1. The smallest absolute Gasteiger partial charge is 0.249 e. The number of Topliss-reactive ketones (excluding diaryl/α,β-unsaturated/α-hetero) is 1. The van der Waals surface area contributed by atoms with Crippen molar-refractivity contribution in [3.63, 3.8) is 0 Å². The SMILES string of the molecule is COc1ccc(C[C@H](NC(=O)[C@H](C)c2cnccc2C(N)=O)C(=O)N[C@@H](CC2CCCC2)C(=O)[C@@]2(C)CO2)cc1. The lowest BCUT2D eigenvalue weighted by Gasteiger charge is -2.26. The number of primary amides is 1. The molecule has 40 heavy (non-hydrogen) atoms. The van der Waals surface area contributed by atoms with Crippen LogP contribution in [0.3, 0.4) is 0 Å². The highest BCUT2D eigenvalue weighted by Gasteiger charge is 2.50. The van der Waals surface area contributed by atoms with Gasteiger partial charge in [0.1, 0.15) is 17.4 Å². The molecule has 2 aliphatic rings. The summed E-state index contributed by atoms with van der Waals surface area (Å²) in [5.74, 6) is -1.54. The van der Waals surface area contributed by atoms with Gasteiger partial charge in [0.2, 0.25) is 17.7 Å². The van der Waals surface area contributed by atoms with Crippen molar-refractivity contribution in [2.75, 3.05) is 13.7 Å². The minimum absolute atomic E-state index is 0.142. The van der Waals surface area contributed by atoms with Gasteiger partial charge < -0.3 is 25.8 Å². The lowest BCUT2D eigenvalue weighted by molar-refractivity contribution is -0.133. The average Bonchev–Trinajstić information content (AvgIpc) is 3.50. The molecule has 4 N–H and O–H groups in total. The molecule has 2 heterocycles. The molecule has 2 aromatic rings. The Morgan fingerprint density at radius 2 is 1.73 bits per heavy atom. The Kier molecular flexibility index (Phi) is 9.19. The number of ether oxygens (including phenoxy) is 2. The van der Waals surface area contributed by atoms with E-state index < -0.39 is 41.3 Å². The Labute approximate surface area is 234 Å². The molecule has 1 saturated carbocycles. The molecule has 0 unspecified atom stereocenters. The van der Waals surface area contributed by atoms with Crippen LogP contribution in [0.1, 0.15) is 73.4 Å². The second kappa shape index (κ2) is 12.6. The van der Waals surface area contributed by atoms with Gasteiger partial charge in [0.25, 0.3) is 0 Å². The molecular formula is C30H38N4O6. The summed E-state index contributed by atoms with van der Waals surface area (Å²) >= 11 is 0. The van der Waals surface area contributed by atoms with Crippen LogP contribution in [0.15, 0.2) is 42.7 Å². The van der Waals surface area contributed by atoms with E-state index in [-0.39, 0.29) is 17.8 Å². The zero-order valence-corrected chi connectivity index (χ0v) is 23.3. The fourth-order valence-electron chi connectivity index (χ4n) is 5.32. The number of nitrogens with one attached hydrogen (secondary N) is 2. The first-order valence-electron chi connectivity index (χ1n) is 13.8. The first kappa shape index (κ1) is 29.2. The number of rotatable bonds is 13. The number of aromatic nitrogens is 1. The summed E-state index contributed by atoms with van der Waals surface area (Å²) in [6, 6.07) is 6.97. The zero-order valence-electron chi connectivity index (χ0n) is 23.3. The van der Waals surface area contributed by atoms with Crippen LogP contribution in [-0.2, 0) is 25.5 Å². The Bertz CT molecular complexity index is 1240. The van der Waals surface area contributed by atoms with Crippen LogP contribution < -0.4 is 21.1 Å². The number of ketones is 1. The summed E-state index contributed by atoms with van der Waals surface area (Å²) in [7, 11) is 1.57. The molecule has 3 amide bonds. The molecule has 2 fully saturated rings. The molecule has 0 radical (unpaired) electrons. The number of hydrogen-bond donors (Lipinski definition) is 3. The summed E-state index contributed by atoms with van der Waals surface area (Å²) in [5.41, 5.74) is 5.97. The predicted octanol–water partition coefficient (Wildman–Crippen LogP) is 2.44. The predicted molar refractivity (Wildman–Crippen MR) is 148 cm³/mol. The number of amides is 3. The van der Waals surface area contributed by atoms with Crippen molar-refractivity contribution in [2.24, 2.45) is 11.7 Å². The molecule has 214 valence electrons. The molecule has 1 aromatic heterocycles. The van der Waals surface area contributed by atoms with Gasteiger partial charge in [-0.2, -0.15) is 0 Å². The van der Waals surface area contributed by atoms with E-state index in [0.717, 1.165) is 31.2 Å². The van der Waals surface area contributed by atoms with Crippen molar-refractivity contribution in [1.82, 2.24) is 15.6 Å². The second-order valence-corrected chi connectivity index (χ2v) is 11.0. The Morgan fingerprint density at radius 1 is 1.07 bits per heavy atom. The molecule has 0 spiro atoms. The standard InChI is InChI=1S/C30H38N4O6/c1-18(23-16-32-13-12-22(23)27(31)36)28(37)34-25(15-20-8-10-21(39-3)11-9-20)29(38)33-24(14-19-6-4-5-7-19)26(35)30(2)17-40-30/h8-13,16,18-19,24-25H,4-7,14-15,17H2,1-3H3,(H2,31,36)(H,33,38)(H,34,37)/t18-,24+,25+,30-/m1/s1. The van der Waals surface area contributed by atoms with Crippen LogP contribution in [0.25, 0.3) is 0 Å². The van der Waals surface area contributed by atoms with Gasteiger partial charge in [-0.25, -0.2) is 0 Å². The fourth-order valence-corrected chi connectivity index (χ4v) is 5.32. The molecule has 1 aliphatic carbocycles. The van der Waals surface area contributed by atoms with Crippen molar-refractivity contribution >= 4 is 23.5 Å². The van der Waals surface area contributed by atoms with Gasteiger partial charge in [-0.05, 0) is 55.5 Å². The molecule has 4 atom stereocenters. The van der Waals surface area contributed by atoms with Crippen molar-refractivity contribution in [3.05, 3.63) is 59.4 Å². The Balaban J connectivity index is 1.56. The van der Waals surface area contributed by atoms with Gasteiger partial charge in [-0.15, -0.1) is 0 Å². The number of benzene rings is 1. The quantitative estimate of drug-likeness (QED) is 0.324. The number of carbonyl (C=O) groups excluding carboxylic acids is 4. The number of nitrogens with zero attached hydrogens (tertiary/aromatic N) is 1. The molecule has 4 rings (SSSR count). The number of carbonyl (C=O) groups is 4. The van der Waals surface area contributed by atoms with E-state index >= 15 is 0 Å². The van der Waals surface area contributed by atoms with Crippen LogP contribution >= 0.6 is 0 Å². The molecule has 1 saturated heterocycles. The second-order valence-electron chi connectivity index (χ2n) is 11.0. The maximum atomic E-state index is 13.7. The van der Waals surface area contributed by atoms with E-state index in [1.54, 1.807) is 33.1 Å². The Hall–Kier alpha value is -3.79. The van der Waals surface area contributed by atoms with Crippen LogP contribution in [-0.4, -0.2) is 59.9 Å². The highest BCUT2D eigenvalue weighted by atomic mass is 16.6. The topological polar surface area (TPSA) is 153 Å².